The van der Waals surface area contributed by atoms with E-state index in [1.807, 2.05) is 78.9 Å². The number of pyridine rings is 2. The van der Waals surface area contributed by atoms with Gasteiger partial charge in [-0.1, -0.05) is 50.2 Å². The summed E-state index contributed by atoms with van der Waals surface area (Å²) < 4.78 is 0. The van der Waals surface area contributed by atoms with Crippen LogP contribution in [0.1, 0.15) is 25.3 Å². The van der Waals surface area contributed by atoms with E-state index in [0.29, 0.717) is 17.4 Å². The quantitative estimate of drug-likeness (QED) is 0.324. The second-order valence-corrected chi connectivity index (χ2v) is 7.24. The third kappa shape index (κ3) is 6.21. The molecule has 6 nitrogen and oxygen atoms in total. The lowest BCUT2D eigenvalue weighted by atomic mass is 10.0. The molecule has 0 saturated heterocycles. The number of anilines is 6. The Bertz CT molecular complexity index is 1080. The molecular formula is C25H28N6. The Morgan fingerprint density at radius 1 is 0.645 bits per heavy atom. The zero-order valence-electron chi connectivity index (χ0n) is 17.8. The fraction of sp³-hybridized carbons (Fsp3) is 0.120. The summed E-state index contributed by atoms with van der Waals surface area (Å²) in [5, 5.41) is 6.37. The summed E-state index contributed by atoms with van der Waals surface area (Å²) in [7, 11) is 0. The second kappa shape index (κ2) is 10.6. The highest BCUT2D eigenvalue weighted by molar-refractivity contribution is 5.71. The van der Waals surface area contributed by atoms with E-state index in [-0.39, 0.29) is 0 Å². The van der Waals surface area contributed by atoms with Crippen molar-refractivity contribution in [2.75, 3.05) is 22.1 Å². The molecule has 6 N–H and O–H groups in total. The lowest BCUT2D eigenvalue weighted by Gasteiger charge is -2.13. The van der Waals surface area contributed by atoms with Crippen LogP contribution in [0, 0.1) is 0 Å². The third-order valence-electron chi connectivity index (χ3n) is 4.56. The number of para-hydroxylation sites is 2. The fourth-order valence-electron chi connectivity index (χ4n) is 2.93. The molecule has 0 radical (unpaired) electrons. The molecule has 0 fully saturated rings. The molecule has 31 heavy (non-hydrogen) atoms. The molecule has 0 aliphatic rings. The summed E-state index contributed by atoms with van der Waals surface area (Å²) in [5.74, 6) is 1.82. The fourth-order valence-corrected chi connectivity index (χ4v) is 2.93. The van der Waals surface area contributed by atoms with Gasteiger partial charge < -0.3 is 22.1 Å². The van der Waals surface area contributed by atoms with Gasteiger partial charge in [-0.05, 0) is 53.9 Å². The number of rotatable bonds is 5. The predicted octanol–water partition coefficient (Wildman–Crippen LogP) is 5.94. The predicted molar refractivity (Wildman–Crippen MR) is 131 cm³/mol. The number of nitrogen functional groups attached to an aromatic ring is 2. The standard InChI is InChI=1S/C14H17N3.C11H11N3/c1-10(2)12-8-9-16-14(13(12)15)17-11-6-4-3-5-7-11;12-10-7-4-8-13-11(10)14-9-5-2-1-3-6-9/h3-10H,15H2,1-2H3,(H,16,17);1-8H,12H2,(H,13,14). The first kappa shape index (κ1) is 21.6. The van der Waals surface area contributed by atoms with Gasteiger partial charge in [0.1, 0.15) is 0 Å². The van der Waals surface area contributed by atoms with Gasteiger partial charge in [0.05, 0.1) is 11.4 Å². The molecular weight excluding hydrogens is 384 g/mol. The van der Waals surface area contributed by atoms with E-state index in [9.17, 15) is 0 Å². The van der Waals surface area contributed by atoms with Crippen LogP contribution in [-0.2, 0) is 0 Å². The van der Waals surface area contributed by atoms with Crippen molar-refractivity contribution in [2.24, 2.45) is 0 Å². The Hall–Kier alpha value is -4.06. The topological polar surface area (TPSA) is 102 Å². The van der Waals surface area contributed by atoms with E-state index in [4.69, 9.17) is 11.5 Å². The average molecular weight is 413 g/mol. The number of benzene rings is 2. The van der Waals surface area contributed by atoms with Gasteiger partial charge in [-0.15, -0.1) is 0 Å². The number of aromatic nitrogens is 2. The molecule has 2 aromatic carbocycles. The maximum Gasteiger partial charge on any atom is 0.153 e. The highest BCUT2D eigenvalue weighted by Gasteiger charge is 2.09. The number of hydrogen-bond donors (Lipinski definition) is 4. The number of hydrogen-bond acceptors (Lipinski definition) is 6. The second-order valence-electron chi connectivity index (χ2n) is 7.24. The normalized spacial score (nSPS) is 10.2. The van der Waals surface area contributed by atoms with Crippen molar-refractivity contribution in [3.05, 3.63) is 96.8 Å². The Labute approximate surface area is 183 Å². The minimum absolute atomic E-state index is 0.398. The Kier molecular flexibility index (Phi) is 7.43. The maximum absolute atomic E-state index is 6.11. The molecule has 0 saturated carbocycles. The van der Waals surface area contributed by atoms with E-state index in [1.165, 1.54) is 0 Å². The number of nitrogens with zero attached hydrogens (tertiary/aromatic N) is 2. The van der Waals surface area contributed by atoms with Gasteiger partial charge in [-0.2, -0.15) is 0 Å². The van der Waals surface area contributed by atoms with Gasteiger partial charge in [-0.25, -0.2) is 9.97 Å². The zero-order chi connectivity index (χ0) is 22.1. The van der Waals surface area contributed by atoms with Crippen LogP contribution in [-0.4, -0.2) is 9.97 Å². The SMILES string of the molecule is CC(C)c1ccnc(Nc2ccccc2)c1N.Nc1cccnc1Nc1ccccc1. The Balaban J connectivity index is 0.000000179. The van der Waals surface area contributed by atoms with Gasteiger partial charge in [0.2, 0.25) is 0 Å². The summed E-state index contributed by atoms with van der Waals surface area (Å²) in [6.45, 7) is 4.25. The molecule has 158 valence electrons. The van der Waals surface area contributed by atoms with Crippen LogP contribution in [0.4, 0.5) is 34.4 Å². The number of nitrogens with one attached hydrogen (secondary N) is 2. The van der Waals surface area contributed by atoms with Gasteiger partial charge >= 0.3 is 0 Å². The minimum atomic E-state index is 0.398. The largest absolute Gasteiger partial charge is 0.396 e. The molecule has 4 aromatic rings. The van der Waals surface area contributed by atoms with Crippen molar-refractivity contribution in [3.63, 3.8) is 0 Å². The summed E-state index contributed by atoms with van der Waals surface area (Å²) in [5.41, 5.74) is 16.3. The molecule has 2 heterocycles. The van der Waals surface area contributed by atoms with Crippen LogP contribution in [0.25, 0.3) is 0 Å². The van der Waals surface area contributed by atoms with E-state index in [1.54, 1.807) is 12.4 Å². The summed E-state index contributed by atoms with van der Waals surface area (Å²) in [6, 6.07) is 25.3. The minimum Gasteiger partial charge on any atom is -0.396 e. The van der Waals surface area contributed by atoms with Crippen LogP contribution < -0.4 is 22.1 Å². The van der Waals surface area contributed by atoms with Crippen molar-refractivity contribution in [3.8, 4) is 0 Å². The molecule has 0 amide bonds. The highest BCUT2D eigenvalue weighted by Crippen LogP contribution is 2.28. The molecule has 2 aromatic heterocycles. The monoisotopic (exact) mass is 412 g/mol. The smallest absolute Gasteiger partial charge is 0.153 e. The molecule has 0 unspecified atom stereocenters. The van der Waals surface area contributed by atoms with Crippen LogP contribution >= 0.6 is 0 Å². The van der Waals surface area contributed by atoms with Crippen LogP contribution in [0.5, 0.6) is 0 Å². The van der Waals surface area contributed by atoms with Crippen molar-refractivity contribution in [1.82, 2.24) is 9.97 Å². The van der Waals surface area contributed by atoms with E-state index < -0.39 is 0 Å². The maximum atomic E-state index is 6.11. The molecule has 0 aliphatic heterocycles. The van der Waals surface area contributed by atoms with Crippen molar-refractivity contribution >= 4 is 34.4 Å². The van der Waals surface area contributed by atoms with Crippen LogP contribution in [0.3, 0.4) is 0 Å². The van der Waals surface area contributed by atoms with Gasteiger partial charge in [0.25, 0.3) is 0 Å². The van der Waals surface area contributed by atoms with Crippen LogP contribution in [0.15, 0.2) is 91.3 Å². The van der Waals surface area contributed by atoms with Crippen LogP contribution in [0.2, 0.25) is 0 Å². The lowest BCUT2D eigenvalue weighted by Crippen LogP contribution is -2.03. The molecule has 4 rings (SSSR count). The highest BCUT2D eigenvalue weighted by atomic mass is 15.0. The first-order chi connectivity index (χ1) is 15.0. The van der Waals surface area contributed by atoms with Crippen molar-refractivity contribution < 1.29 is 0 Å². The summed E-state index contributed by atoms with van der Waals surface area (Å²) in [6.07, 6.45) is 3.50. The van der Waals surface area contributed by atoms with E-state index >= 15 is 0 Å². The van der Waals surface area contributed by atoms with Crippen molar-refractivity contribution in [1.29, 1.82) is 0 Å². The molecule has 6 heteroatoms. The average Bonchev–Trinajstić information content (AvgIpc) is 2.78. The zero-order valence-corrected chi connectivity index (χ0v) is 17.8. The third-order valence-corrected chi connectivity index (χ3v) is 4.56. The first-order valence-electron chi connectivity index (χ1n) is 10.1. The van der Waals surface area contributed by atoms with Crippen molar-refractivity contribution in [2.45, 2.75) is 19.8 Å². The summed E-state index contributed by atoms with van der Waals surface area (Å²) >= 11 is 0. The molecule has 0 atom stereocenters. The van der Waals surface area contributed by atoms with Gasteiger partial charge in [-0.3, -0.25) is 0 Å². The molecule has 0 aliphatic carbocycles. The number of nitrogens with two attached hydrogens (primary N) is 2. The van der Waals surface area contributed by atoms with Gasteiger partial charge in [0.15, 0.2) is 11.6 Å². The first-order valence-corrected chi connectivity index (χ1v) is 10.1. The van der Waals surface area contributed by atoms with Gasteiger partial charge in [0, 0.05) is 23.8 Å². The lowest BCUT2D eigenvalue weighted by molar-refractivity contribution is 0.867. The van der Waals surface area contributed by atoms with E-state index in [0.717, 1.165) is 28.4 Å². The molecule has 0 spiro atoms. The molecule has 0 bridgehead atoms. The summed E-state index contributed by atoms with van der Waals surface area (Å²) in [4.78, 5) is 8.42. The Morgan fingerprint density at radius 2 is 1.19 bits per heavy atom. The van der Waals surface area contributed by atoms with E-state index in [2.05, 4.69) is 34.4 Å². The Morgan fingerprint density at radius 3 is 1.74 bits per heavy atom.